The Morgan fingerprint density at radius 3 is 1.06 bits per heavy atom. The van der Waals surface area contributed by atoms with Crippen LogP contribution in [0.3, 0.4) is 0 Å². The van der Waals surface area contributed by atoms with Crippen molar-refractivity contribution in [1.82, 2.24) is 18.7 Å². The molecule has 0 saturated heterocycles. The van der Waals surface area contributed by atoms with E-state index in [9.17, 15) is 0 Å². The second kappa shape index (κ2) is 8.74. The Morgan fingerprint density at radius 1 is 0.444 bits per heavy atom. The maximum atomic E-state index is 2.64. The molecule has 0 amide bonds. The third-order valence-corrected chi connectivity index (χ3v) is 38.7. The lowest BCUT2D eigenvalue weighted by Crippen LogP contribution is -2.34. The molecule has 4 aromatic rings. The van der Waals surface area contributed by atoms with Crippen LogP contribution in [-0.2, 0) is 0 Å². The molecular formula is C28H36N4P4+2. The van der Waals surface area contributed by atoms with Crippen LogP contribution in [0.15, 0.2) is 72.8 Å². The Morgan fingerprint density at radius 2 is 0.750 bits per heavy atom. The van der Waals surface area contributed by atoms with E-state index >= 15 is 0 Å². The molecule has 0 saturated carbocycles. The Kier molecular flexibility index (Phi) is 6.13. The highest BCUT2D eigenvalue weighted by atomic mass is 32.7. The van der Waals surface area contributed by atoms with Crippen molar-refractivity contribution in [2.24, 2.45) is 0 Å². The van der Waals surface area contributed by atoms with Crippen LogP contribution < -0.4 is 21.2 Å². The Bertz CT molecular complexity index is 1360. The molecule has 0 aromatic heterocycles. The molecule has 4 nitrogen and oxygen atoms in total. The van der Waals surface area contributed by atoms with Crippen molar-refractivity contribution in [2.45, 2.75) is 0 Å². The summed E-state index contributed by atoms with van der Waals surface area (Å²) in [7, 11) is 13.9. The van der Waals surface area contributed by atoms with Crippen LogP contribution in [0.25, 0.3) is 21.5 Å². The standard InChI is InChI=1S/C28H36N4P4/c1-29(2)35(30(3)4)25-19-11-15-21-13-9-17-23(27(21)25)33(35)34-24-18-10-14-22-16-12-20-26(28(22)24)36(34,31(5)6)32(7)8/h9-20H,1-8H3/q+2. The minimum Gasteiger partial charge on any atom is -0.163 e. The Labute approximate surface area is 219 Å². The minimum absolute atomic E-state index is 0.549. The summed E-state index contributed by atoms with van der Waals surface area (Å²) >= 11 is 0. The van der Waals surface area contributed by atoms with Crippen molar-refractivity contribution in [3.8, 4) is 0 Å². The van der Waals surface area contributed by atoms with Crippen LogP contribution in [0.4, 0.5) is 0 Å². The Balaban J connectivity index is 1.79. The van der Waals surface area contributed by atoms with E-state index in [1.165, 1.54) is 21.5 Å². The van der Waals surface area contributed by atoms with Crippen molar-refractivity contribution in [1.29, 1.82) is 0 Å². The van der Waals surface area contributed by atoms with Crippen LogP contribution in [0.2, 0.25) is 0 Å². The highest BCUT2D eigenvalue weighted by Gasteiger charge is 2.75. The number of benzene rings is 4. The summed E-state index contributed by atoms with van der Waals surface area (Å²) in [4.78, 5) is 0. The van der Waals surface area contributed by atoms with Crippen molar-refractivity contribution in [2.75, 3.05) is 56.4 Å². The van der Waals surface area contributed by atoms with Crippen molar-refractivity contribution < 1.29 is 0 Å². The molecule has 2 atom stereocenters. The normalized spacial score (nSPS) is 21.7. The maximum absolute atomic E-state index is 2.64. The van der Waals surface area contributed by atoms with Crippen molar-refractivity contribution in [3.05, 3.63) is 72.8 Å². The van der Waals surface area contributed by atoms with E-state index < -0.39 is 29.1 Å². The van der Waals surface area contributed by atoms with Gasteiger partial charge in [-0.3, -0.25) is 0 Å². The number of hydrogen-bond donors (Lipinski definition) is 0. The maximum Gasteiger partial charge on any atom is 0.216 e. The fourth-order valence-electron chi connectivity index (χ4n) is 6.64. The minimum atomic E-state index is -1.87. The van der Waals surface area contributed by atoms with Gasteiger partial charge in [-0.1, -0.05) is 48.5 Å². The fraction of sp³-hybridized carbons (Fsp3) is 0.286. The summed E-state index contributed by atoms with van der Waals surface area (Å²) in [6.45, 7) is 0. The SMILES string of the molecule is CN(C)[P+]1(N(C)C)c2cccc3cccc(c23)P1P1c2cccc3cccc(c23)[P+]1(N(C)C)N(C)C. The highest BCUT2D eigenvalue weighted by molar-refractivity contribution is 8.86. The van der Waals surface area contributed by atoms with Crippen LogP contribution >= 0.6 is 29.1 Å². The van der Waals surface area contributed by atoms with Gasteiger partial charge in [-0.2, -0.15) is 18.7 Å². The van der Waals surface area contributed by atoms with E-state index in [1.807, 2.05) is 0 Å². The number of rotatable bonds is 5. The largest absolute Gasteiger partial charge is 0.216 e. The zero-order valence-corrected chi connectivity index (χ0v) is 26.1. The van der Waals surface area contributed by atoms with Gasteiger partial charge in [0, 0.05) is 77.8 Å². The molecule has 0 N–H and O–H groups in total. The molecule has 0 aliphatic carbocycles. The van der Waals surface area contributed by atoms with Gasteiger partial charge in [0.2, 0.25) is 29.1 Å². The van der Waals surface area contributed by atoms with Crippen LogP contribution in [0.5, 0.6) is 0 Å². The molecule has 4 aromatic carbocycles. The molecular weight excluding hydrogens is 516 g/mol. The first-order chi connectivity index (χ1) is 17.2. The van der Waals surface area contributed by atoms with Crippen LogP contribution in [0, 0.1) is 0 Å². The van der Waals surface area contributed by atoms with Gasteiger partial charge in [0.15, 0.2) is 0 Å². The van der Waals surface area contributed by atoms with Gasteiger partial charge in [-0.25, -0.2) is 0 Å². The van der Waals surface area contributed by atoms with Gasteiger partial charge >= 0.3 is 0 Å². The lowest BCUT2D eigenvalue weighted by atomic mass is 10.1. The van der Waals surface area contributed by atoms with E-state index in [0.29, 0.717) is 0 Å². The first-order valence-electron chi connectivity index (χ1n) is 12.3. The van der Waals surface area contributed by atoms with E-state index in [0.717, 1.165) is 0 Å². The smallest absolute Gasteiger partial charge is 0.163 e. The first kappa shape index (κ1) is 25.2. The predicted octanol–water partition coefficient (Wildman–Crippen LogP) is 5.87. The summed E-state index contributed by atoms with van der Waals surface area (Å²) in [6.07, 6.45) is 0. The fourth-order valence-corrected chi connectivity index (χ4v) is 48.5. The molecule has 6 rings (SSSR count). The molecule has 0 spiro atoms. The van der Waals surface area contributed by atoms with Crippen LogP contribution in [-0.4, -0.2) is 75.1 Å². The Hall–Kier alpha value is -1.04. The van der Waals surface area contributed by atoms with Gasteiger partial charge < -0.3 is 0 Å². The molecule has 0 radical (unpaired) electrons. The predicted molar refractivity (Wildman–Crippen MR) is 169 cm³/mol. The lowest BCUT2D eigenvalue weighted by molar-refractivity contribution is 0.577. The van der Waals surface area contributed by atoms with Gasteiger partial charge in [0.1, 0.15) is 10.6 Å². The van der Waals surface area contributed by atoms with Gasteiger partial charge in [0.25, 0.3) is 0 Å². The second-order valence-electron chi connectivity index (χ2n) is 10.4. The first-order valence-corrected chi connectivity index (χ1v) is 20.5. The van der Waals surface area contributed by atoms with Crippen molar-refractivity contribution in [3.63, 3.8) is 0 Å². The average Bonchev–Trinajstić information content (AvgIpc) is 3.31. The summed E-state index contributed by atoms with van der Waals surface area (Å²) < 4.78 is 10.6. The molecule has 0 bridgehead atoms. The zero-order valence-electron chi connectivity index (χ0n) is 22.5. The summed E-state index contributed by atoms with van der Waals surface area (Å²) in [6, 6.07) is 28.3. The van der Waals surface area contributed by atoms with Gasteiger partial charge in [-0.15, -0.1) is 0 Å². The molecule has 2 heterocycles. The second-order valence-corrected chi connectivity index (χ2v) is 29.0. The molecule has 36 heavy (non-hydrogen) atoms. The third kappa shape index (κ3) is 2.94. The van der Waals surface area contributed by atoms with E-state index in [4.69, 9.17) is 0 Å². The average molecular weight is 553 g/mol. The molecule has 8 heteroatoms. The number of hydrogen-bond acceptors (Lipinski definition) is 4. The molecule has 2 aliphatic rings. The van der Waals surface area contributed by atoms with Crippen LogP contribution in [0.1, 0.15) is 0 Å². The molecule has 2 aliphatic heterocycles. The van der Waals surface area contributed by atoms with Crippen molar-refractivity contribution >= 4 is 71.9 Å². The lowest BCUT2D eigenvalue weighted by Gasteiger charge is -2.44. The molecule has 2 unspecified atom stereocenters. The van der Waals surface area contributed by atoms with E-state index in [-0.39, 0.29) is 0 Å². The molecule has 186 valence electrons. The third-order valence-electron chi connectivity index (χ3n) is 7.74. The highest BCUT2D eigenvalue weighted by Crippen LogP contribution is 3.09. The number of nitrogens with zero attached hydrogens (tertiary/aromatic N) is 4. The van der Waals surface area contributed by atoms with E-state index in [1.54, 1.807) is 21.2 Å². The zero-order chi connectivity index (χ0) is 25.6. The van der Waals surface area contributed by atoms with Gasteiger partial charge in [0.05, 0.1) is 0 Å². The summed E-state index contributed by atoms with van der Waals surface area (Å²) in [5, 5.41) is 12.3. The van der Waals surface area contributed by atoms with Gasteiger partial charge in [-0.05, 0) is 35.0 Å². The topological polar surface area (TPSA) is 13.0 Å². The van der Waals surface area contributed by atoms with E-state index in [2.05, 4.69) is 148 Å². The monoisotopic (exact) mass is 552 g/mol. The summed E-state index contributed by atoms with van der Waals surface area (Å²) in [5.74, 6) is 0. The summed E-state index contributed by atoms with van der Waals surface area (Å²) in [5.41, 5.74) is 0. The quantitative estimate of drug-likeness (QED) is 0.287. The molecule has 0 fully saturated rings.